The van der Waals surface area contributed by atoms with Gasteiger partial charge in [-0.2, -0.15) is 0 Å². The predicted molar refractivity (Wildman–Crippen MR) is 32.0 cm³/mol. The van der Waals surface area contributed by atoms with E-state index in [2.05, 4.69) is 19.4 Å². The normalized spacial score (nSPS) is 10.0. The highest BCUT2D eigenvalue weighted by molar-refractivity contribution is 5.57. The van der Waals surface area contributed by atoms with Crippen molar-refractivity contribution in [1.29, 1.82) is 0 Å². The van der Waals surface area contributed by atoms with Crippen LogP contribution < -0.4 is 0 Å². The summed E-state index contributed by atoms with van der Waals surface area (Å²) in [6.45, 7) is 0. The summed E-state index contributed by atoms with van der Waals surface area (Å²) in [6, 6.07) is 0. The van der Waals surface area contributed by atoms with Crippen molar-refractivity contribution >= 4 is 0 Å². The Morgan fingerprint density at radius 2 is 1.40 bits per heavy atom. The standard InChI is InChI=1S/C6H4N2O2/c1-5(3-9-7-1)6-2-8-10-4-6/h1-4H. The Bertz CT molecular complexity index is 253. The van der Waals surface area contributed by atoms with Gasteiger partial charge < -0.3 is 9.05 Å². The van der Waals surface area contributed by atoms with Crippen molar-refractivity contribution in [3.05, 3.63) is 24.9 Å². The van der Waals surface area contributed by atoms with Gasteiger partial charge in [-0.05, 0) is 0 Å². The van der Waals surface area contributed by atoms with Crippen LogP contribution in [0.15, 0.2) is 34.0 Å². The molecule has 0 spiro atoms. The second kappa shape index (κ2) is 1.98. The van der Waals surface area contributed by atoms with E-state index >= 15 is 0 Å². The van der Waals surface area contributed by atoms with E-state index in [1.54, 1.807) is 12.4 Å². The van der Waals surface area contributed by atoms with Crippen LogP contribution in [0.1, 0.15) is 0 Å². The first kappa shape index (κ1) is 5.22. The van der Waals surface area contributed by atoms with Crippen molar-refractivity contribution in [2.75, 3.05) is 0 Å². The molecule has 0 fully saturated rings. The van der Waals surface area contributed by atoms with Crippen molar-refractivity contribution in [2.45, 2.75) is 0 Å². The van der Waals surface area contributed by atoms with Gasteiger partial charge in [0.15, 0.2) is 0 Å². The van der Waals surface area contributed by atoms with Gasteiger partial charge in [-0.3, -0.25) is 0 Å². The van der Waals surface area contributed by atoms with Crippen LogP contribution in [0.25, 0.3) is 11.1 Å². The van der Waals surface area contributed by atoms with Crippen LogP contribution in [-0.2, 0) is 0 Å². The molecule has 0 aromatic carbocycles. The third-order valence-electron chi connectivity index (χ3n) is 1.20. The first-order valence-corrected chi connectivity index (χ1v) is 2.76. The Morgan fingerprint density at radius 3 is 1.70 bits per heavy atom. The summed E-state index contributed by atoms with van der Waals surface area (Å²) >= 11 is 0. The van der Waals surface area contributed by atoms with Gasteiger partial charge in [-0.25, -0.2) is 0 Å². The summed E-state index contributed by atoms with van der Waals surface area (Å²) in [7, 11) is 0. The van der Waals surface area contributed by atoms with Gasteiger partial charge in [0, 0.05) is 11.1 Å². The van der Waals surface area contributed by atoms with Crippen LogP contribution >= 0.6 is 0 Å². The van der Waals surface area contributed by atoms with E-state index in [-0.39, 0.29) is 0 Å². The maximum atomic E-state index is 4.62. The molecule has 0 amide bonds. The first-order valence-electron chi connectivity index (χ1n) is 2.76. The fraction of sp³-hybridized carbons (Fsp3) is 0. The van der Waals surface area contributed by atoms with Gasteiger partial charge in [0.25, 0.3) is 0 Å². The van der Waals surface area contributed by atoms with E-state index in [1.165, 1.54) is 12.5 Å². The average molecular weight is 136 g/mol. The second-order valence-electron chi connectivity index (χ2n) is 1.83. The number of aromatic nitrogens is 2. The molecule has 4 heteroatoms. The lowest BCUT2D eigenvalue weighted by Crippen LogP contribution is -1.63. The van der Waals surface area contributed by atoms with Crippen LogP contribution in [0.5, 0.6) is 0 Å². The lowest BCUT2D eigenvalue weighted by molar-refractivity contribution is 0.419. The molecular formula is C6H4N2O2. The molecule has 0 aliphatic carbocycles. The molecule has 2 aromatic rings. The molecule has 10 heavy (non-hydrogen) atoms. The van der Waals surface area contributed by atoms with Crippen LogP contribution in [0.3, 0.4) is 0 Å². The highest BCUT2D eigenvalue weighted by Gasteiger charge is 2.00. The summed E-state index contributed by atoms with van der Waals surface area (Å²) in [5.74, 6) is 0. The van der Waals surface area contributed by atoms with Crippen molar-refractivity contribution in [1.82, 2.24) is 10.3 Å². The minimum absolute atomic E-state index is 0.876. The van der Waals surface area contributed by atoms with E-state index in [4.69, 9.17) is 0 Å². The Morgan fingerprint density at radius 1 is 0.900 bits per heavy atom. The second-order valence-corrected chi connectivity index (χ2v) is 1.83. The van der Waals surface area contributed by atoms with Crippen LogP contribution in [0.4, 0.5) is 0 Å². The van der Waals surface area contributed by atoms with Crippen molar-refractivity contribution in [3.8, 4) is 11.1 Å². The minimum Gasteiger partial charge on any atom is -0.364 e. The molecule has 0 radical (unpaired) electrons. The quantitative estimate of drug-likeness (QED) is 0.593. The molecular weight excluding hydrogens is 132 g/mol. The molecule has 0 bridgehead atoms. The largest absolute Gasteiger partial charge is 0.364 e. The van der Waals surface area contributed by atoms with E-state index in [0.717, 1.165) is 11.1 Å². The predicted octanol–water partition coefficient (Wildman–Crippen LogP) is 1.33. The van der Waals surface area contributed by atoms with E-state index < -0.39 is 0 Å². The average Bonchev–Trinajstić information content (AvgIpc) is 2.59. The maximum absolute atomic E-state index is 4.62. The van der Waals surface area contributed by atoms with Gasteiger partial charge in [-0.15, -0.1) is 0 Å². The van der Waals surface area contributed by atoms with Crippen molar-refractivity contribution in [3.63, 3.8) is 0 Å². The minimum atomic E-state index is 0.876. The molecule has 0 unspecified atom stereocenters. The summed E-state index contributed by atoms with van der Waals surface area (Å²) in [6.07, 6.45) is 6.28. The van der Waals surface area contributed by atoms with E-state index in [0.29, 0.717) is 0 Å². The smallest absolute Gasteiger partial charge is 0.131 e. The van der Waals surface area contributed by atoms with Gasteiger partial charge in [0.1, 0.15) is 12.5 Å². The molecule has 0 atom stereocenters. The third-order valence-corrected chi connectivity index (χ3v) is 1.20. The molecule has 2 rings (SSSR count). The summed E-state index contributed by atoms with van der Waals surface area (Å²) in [5.41, 5.74) is 1.75. The van der Waals surface area contributed by atoms with Crippen molar-refractivity contribution in [2.24, 2.45) is 0 Å². The monoisotopic (exact) mass is 136 g/mol. The lowest BCUT2D eigenvalue weighted by Gasteiger charge is -1.78. The van der Waals surface area contributed by atoms with E-state index in [9.17, 15) is 0 Å². The molecule has 0 aliphatic rings. The Kier molecular flexibility index (Phi) is 1.04. The number of hydrogen-bond donors (Lipinski definition) is 0. The van der Waals surface area contributed by atoms with Crippen LogP contribution in [0, 0.1) is 0 Å². The van der Waals surface area contributed by atoms with Crippen LogP contribution in [0.2, 0.25) is 0 Å². The lowest BCUT2D eigenvalue weighted by atomic mass is 10.2. The van der Waals surface area contributed by atoms with Crippen LogP contribution in [-0.4, -0.2) is 10.3 Å². The Balaban J connectivity index is 2.48. The summed E-state index contributed by atoms with van der Waals surface area (Å²) in [5, 5.41) is 7.07. The molecule has 50 valence electrons. The summed E-state index contributed by atoms with van der Waals surface area (Å²) in [4.78, 5) is 0. The highest BCUT2D eigenvalue weighted by Crippen LogP contribution is 2.16. The number of nitrogens with zero attached hydrogens (tertiary/aromatic N) is 2. The molecule has 0 saturated carbocycles. The molecule has 4 nitrogen and oxygen atoms in total. The van der Waals surface area contributed by atoms with E-state index in [1.807, 2.05) is 0 Å². The molecule has 0 saturated heterocycles. The fourth-order valence-corrected chi connectivity index (χ4v) is 0.695. The van der Waals surface area contributed by atoms with Gasteiger partial charge in [0.05, 0.1) is 12.4 Å². The topological polar surface area (TPSA) is 52.1 Å². The molecule has 0 N–H and O–H groups in total. The molecule has 2 heterocycles. The first-order chi connectivity index (χ1) is 4.97. The third kappa shape index (κ3) is 0.699. The Labute approximate surface area is 56.4 Å². The Hall–Kier alpha value is -1.58. The number of hydrogen-bond acceptors (Lipinski definition) is 4. The summed E-state index contributed by atoms with van der Waals surface area (Å²) < 4.78 is 9.24. The zero-order valence-electron chi connectivity index (χ0n) is 5.02. The SMILES string of the molecule is c1nocc1-c1cnoc1. The fourth-order valence-electron chi connectivity index (χ4n) is 0.695. The number of rotatable bonds is 1. The highest BCUT2D eigenvalue weighted by atomic mass is 16.5. The molecule has 0 aliphatic heterocycles. The van der Waals surface area contributed by atoms with Gasteiger partial charge in [-0.1, -0.05) is 10.3 Å². The zero-order chi connectivity index (χ0) is 6.81. The van der Waals surface area contributed by atoms with Gasteiger partial charge in [0.2, 0.25) is 0 Å². The maximum Gasteiger partial charge on any atom is 0.131 e. The van der Waals surface area contributed by atoms with Crippen molar-refractivity contribution < 1.29 is 9.05 Å². The van der Waals surface area contributed by atoms with Gasteiger partial charge >= 0.3 is 0 Å². The zero-order valence-corrected chi connectivity index (χ0v) is 5.02. The molecule has 2 aromatic heterocycles.